The molecule has 0 spiro atoms. The molecule has 9 heteroatoms. The van der Waals surface area contributed by atoms with Crippen LogP contribution in [0.25, 0.3) is 10.9 Å². The number of aromatic nitrogens is 2. The van der Waals surface area contributed by atoms with E-state index in [4.69, 9.17) is 9.26 Å². The van der Waals surface area contributed by atoms with Gasteiger partial charge in [0, 0.05) is 37.5 Å². The number of hydrogen-bond donors (Lipinski definition) is 0. The van der Waals surface area contributed by atoms with Crippen molar-refractivity contribution in [2.45, 2.75) is 38.6 Å². The highest BCUT2D eigenvalue weighted by Crippen LogP contribution is 2.31. The molecule has 0 unspecified atom stereocenters. The highest BCUT2D eigenvalue weighted by atomic mass is 19.4. The van der Waals surface area contributed by atoms with Crippen molar-refractivity contribution < 1.29 is 27.2 Å². The van der Waals surface area contributed by atoms with Gasteiger partial charge in [0.1, 0.15) is 29.7 Å². The van der Waals surface area contributed by atoms with Gasteiger partial charge in [-0.1, -0.05) is 11.2 Å². The SMILES string of the molecule is Cc1oncc1C(=O)N1CCC(Oc2cccc3c2ccn3CC(F)(F)F)CC1. The highest BCUT2D eigenvalue weighted by molar-refractivity contribution is 5.94. The van der Waals surface area contributed by atoms with E-state index in [9.17, 15) is 18.0 Å². The molecule has 1 aromatic carbocycles. The second kappa shape index (κ2) is 7.46. The van der Waals surface area contributed by atoms with Crippen molar-refractivity contribution in [2.24, 2.45) is 0 Å². The fourth-order valence-corrected chi connectivity index (χ4v) is 3.66. The molecule has 29 heavy (non-hydrogen) atoms. The standard InChI is InChI=1S/C20H20F3N3O3/c1-13-16(11-24-29-13)19(27)25-8-5-14(6-9-25)28-18-4-2-3-17-15(18)7-10-26(17)12-20(21,22)23/h2-4,7,10-11,14H,5-6,8-9,12H2,1H3. The van der Waals surface area contributed by atoms with Gasteiger partial charge in [-0.05, 0) is 25.1 Å². The van der Waals surface area contributed by atoms with E-state index in [1.165, 1.54) is 17.0 Å². The molecule has 1 fully saturated rings. The number of alkyl halides is 3. The van der Waals surface area contributed by atoms with Gasteiger partial charge < -0.3 is 18.7 Å². The molecule has 154 valence electrons. The number of amides is 1. The van der Waals surface area contributed by atoms with E-state index >= 15 is 0 Å². The zero-order valence-corrected chi connectivity index (χ0v) is 15.8. The van der Waals surface area contributed by atoms with E-state index in [1.54, 1.807) is 36.1 Å². The third-order valence-corrected chi connectivity index (χ3v) is 5.13. The number of nitrogens with zero attached hydrogens (tertiary/aromatic N) is 3. The monoisotopic (exact) mass is 407 g/mol. The molecule has 2 aromatic heterocycles. The summed E-state index contributed by atoms with van der Waals surface area (Å²) < 4.78 is 50.5. The van der Waals surface area contributed by atoms with E-state index in [0.717, 1.165) is 0 Å². The Bertz CT molecular complexity index is 1020. The molecule has 0 atom stereocenters. The van der Waals surface area contributed by atoms with Crippen molar-refractivity contribution in [1.29, 1.82) is 0 Å². The van der Waals surface area contributed by atoms with Gasteiger partial charge in [-0.3, -0.25) is 4.79 Å². The van der Waals surface area contributed by atoms with Crippen LogP contribution in [0.2, 0.25) is 0 Å². The number of piperidine rings is 1. The number of rotatable bonds is 4. The summed E-state index contributed by atoms with van der Waals surface area (Å²) in [6.07, 6.45) is -0.282. The number of ether oxygens (including phenoxy) is 1. The molecule has 1 aliphatic rings. The minimum absolute atomic E-state index is 0.112. The number of hydrogen-bond acceptors (Lipinski definition) is 4. The summed E-state index contributed by atoms with van der Waals surface area (Å²) in [6.45, 7) is 1.71. The molecular formula is C20H20F3N3O3. The maximum absolute atomic E-state index is 12.8. The molecule has 1 saturated heterocycles. The summed E-state index contributed by atoms with van der Waals surface area (Å²) >= 11 is 0. The lowest BCUT2D eigenvalue weighted by Gasteiger charge is -2.32. The lowest BCUT2D eigenvalue weighted by molar-refractivity contribution is -0.139. The number of aryl methyl sites for hydroxylation is 1. The average Bonchev–Trinajstić information content (AvgIpc) is 3.28. The van der Waals surface area contributed by atoms with Crippen LogP contribution in [0.4, 0.5) is 13.2 Å². The molecule has 6 nitrogen and oxygen atoms in total. The maximum atomic E-state index is 12.8. The summed E-state index contributed by atoms with van der Waals surface area (Å²) in [5.41, 5.74) is 0.940. The number of carbonyl (C=O) groups excluding carboxylic acids is 1. The second-order valence-electron chi connectivity index (χ2n) is 7.15. The first-order valence-electron chi connectivity index (χ1n) is 9.33. The van der Waals surface area contributed by atoms with E-state index in [0.29, 0.717) is 53.9 Å². The van der Waals surface area contributed by atoms with Crippen LogP contribution in [0.5, 0.6) is 5.75 Å². The molecule has 1 aliphatic heterocycles. The van der Waals surface area contributed by atoms with Crippen LogP contribution in [0.3, 0.4) is 0 Å². The fraction of sp³-hybridized carbons (Fsp3) is 0.400. The Morgan fingerprint density at radius 1 is 1.28 bits per heavy atom. The number of fused-ring (bicyclic) bond motifs is 1. The lowest BCUT2D eigenvalue weighted by Crippen LogP contribution is -2.41. The number of likely N-dealkylation sites (tertiary alicyclic amines) is 1. The lowest BCUT2D eigenvalue weighted by atomic mass is 10.1. The zero-order chi connectivity index (χ0) is 20.6. The van der Waals surface area contributed by atoms with Gasteiger partial charge in [-0.15, -0.1) is 0 Å². The molecule has 1 amide bonds. The van der Waals surface area contributed by atoms with Crippen molar-refractivity contribution in [2.75, 3.05) is 13.1 Å². The predicted molar refractivity (Wildman–Crippen MR) is 98.8 cm³/mol. The van der Waals surface area contributed by atoms with Gasteiger partial charge in [-0.25, -0.2) is 0 Å². The largest absolute Gasteiger partial charge is 0.490 e. The first-order valence-corrected chi connectivity index (χ1v) is 9.33. The molecule has 3 heterocycles. The average molecular weight is 407 g/mol. The smallest absolute Gasteiger partial charge is 0.406 e. The number of benzene rings is 1. The summed E-state index contributed by atoms with van der Waals surface area (Å²) in [6, 6.07) is 6.75. The Balaban J connectivity index is 1.43. The van der Waals surface area contributed by atoms with Gasteiger partial charge in [0.15, 0.2) is 0 Å². The van der Waals surface area contributed by atoms with Crippen LogP contribution in [-0.2, 0) is 6.54 Å². The topological polar surface area (TPSA) is 60.5 Å². The van der Waals surface area contributed by atoms with Crippen LogP contribution in [0, 0.1) is 6.92 Å². The number of halogens is 3. The molecule has 0 N–H and O–H groups in total. The third kappa shape index (κ3) is 4.08. The van der Waals surface area contributed by atoms with Gasteiger partial charge in [0.25, 0.3) is 5.91 Å². The van der Waals surface area contributed by atoms with Gasteiger partial charge in [0.2, 0.25) is 0 Å². The van der Waals surface area contributed by atoms with Crippen LogP contribution >= 0.6 is 0 Å². The first-order chi connectivity index (χ1) is 13.8. The van der Waals surface area contributed by atoms with Crippen LogP contribution < -0.4 is 4.74 Å². The number of carbonyl (C=O) groups is 1. The van der Waals surface area contributed by atoms with Crippen molar-refractivity contribution in [1.82, 2.24) is 14.6 Å². The summed E-state index contributed by atoms with van der Waals surface area (Å²) in [4.78, 5) is 14.3. The molecule has 0 radical (unpaired) electrons. The molecular weight excluding hydrogens is 387 g/mol. The van der Waals surface area contributed by atoms with Crippen molar-refractivity contribution in [3.05, 3.63) is 48.0 Å². The molecule has 3 aromatic rings. The Hall–Kier alpha value is -2.97. The minimum atomic E-state index is -4.29. The van der Waals surface area contributed by atoms with Crippen LogP contribution in [0.1, 0.15) is 29.0 Å². The Kier molecular flexibility index (Phi) is 4.97. The molecule has 0 saturated carbocycles. The first kappa shape index (κ1) is 19.4. The third-order valence-electron chi connectivity index (χ3n) is 5.13. The fourth-order valence-electron chi connectivity index (χ4n) is 3.66. The predicted octanol–water partition coefficient (Wildman–Crippen LogP) is 4.18. The minimum Gasteiger partial charge on any atom is -0.490 e. The summed E-state index contributed by atoms with van der Waals surface area (Å²) in [5, 5.41) is 4.29. The highest BCUT2D eigenvalue weighted by Gasteiger charge is 2.29. The van der Waals surface area contributed by atoms with E-state index in [-0.39, 0.29) is 12.0 Å². The Morgan fingerprint density at radius 2 is 2.03 bits per heavy atom. The Morgan fingerprint density at radius 3 is 2.69 bits per heavy atom. The Labute approximate surface area is 164 Å². The van der Waals surface area contributed by atoms with E-state index in [1.807, 2.05) is 0 Å². The van der Waals surface area contributed by atoms with Crippen molar-refractivity contribution >= 4 is 16.8 Å². The van der Waals surface area contributed by atoms with E-state index in [2.05, 4.69) is 5.16 Å². The van der Waals surface area contributed by atoms with E-state index < -0.39 is 12.7 Å². The van der Waals surface area contributed by atoms with Crippen LogP contribution in [0.15, 0.2) is 41.2 Å². The van der Waals surface area contributed by atoms with Gasteiger partial charge in [-0.2, -0.15) is 13.2 Å². The summed E-state index contributed by atoms with van der Waals surface area (Å²) in [7, 11) is 0. The molecule has 0 aliphatic carbocycles. The second-order valence-corrected chi connectivity index (χ2v) is 7.15. The normalized spacial score (nSPS) is 15.8. The molecule has 0 bridgehead atoms. The van der Waals surface area contributed by atoms with Crippen molar-refractivity contribution in [3.63, 3.8) is 0 Å². The van der Waals surface area contributed by atoms with Gasteiger partial charge >= 0.3 is 6.18 Å². The maximum Gasteiger partial charge on any atom is 0.406 e. The molecule has 4 rings (SSSR count). The van der Waals surface area contributed by atoms with Gasteiger partial charge in [0.05, 0.1) is 11.7 Å². The quantitative estimate of drug-likeness (QED) is 0.651. The van der Waals surface area contributed by atoms with Crippen LogP contribution in [-0.4, -0.2) is 45.9 Å². The van der Waals surface area contributed by atoms with Crippen molar-refractivity contribution in [3.8, 4) is 5.75 Å². The summed E-state index contributed by atoms with van der Waals surface area (Å²) in [5.74, 6) is 0.931. The zero-order valence-electron chi connectivity index (χ0n) is 15.8.